The number of aromatic nitrogens is 3. The lowest BCUT2D eigenvalue weighted by molar-refractivity contribution is -0.132. The van der Waals surface area contributed by atoms with Crippen molar-refractivity contribution in [3.8, 4) is 11.5 Å². The highest BCUT2D eigenvalue weighted by atomic mass is 32.2. The number of anilines is 1. The second kappa shape index (κ2) is 11.8. The predicted octanol–water partition coefficient (Wildman–Crippen LogP) is 5.40. The number of halogens is 1. The van der Waals surface area contributed by atoms with Crippen LogP contribution in [0.1, 0.15) is 29.7 Å². The lowest BCUT2D eigenvalue weighted by Crippen LogP contribution is -2.29. The standard InChI is InChI=1S/C28H23FN4O5S2/c1-3-38-20-9-6-18(14-21(20)37-2)23-22(24(34)17-10-12-30-13-11-17)25(35)26(36)33(23)27-31-32-28(40-27)39-15-16-4-7-19(29)8-5-16/h4-14,23,34H,3,15H2,1-2H3. The van der Waals surface area contributed by atoms with E-state index in [0.29, 0.717) is 39.3 Å². The highest BCUT2D eigenvalue weighted by Crippen LogP contribution is 2.45. The number of carbonyl (C=O) groups is 2. The molecule has 0 radical (unpaired) electrons. The van der Waals surface area contributed by atoms with Gasteiger partial charge in [0.2, 0.25) is 5.13 Å². The summed E-state index contributed by atoms with van der Waals surface area (Å²) >= 11 is 2.51. The summed E-state index contributed by atoms with van der Waals surface area (Å²) in [5.74, 6) is -0.953. The van der Waals surface area contributed by atoms with Gasteiger partial charge in [0, 0.05) is 23.7 Å². The molecule has 1 N–H and O–H groups in total. The molecule has 1 unspecified atom stereocenters. The van der Waals surface area contributed by atoms with Crippen LogP contribution in [0.5, 0.6) is 11.5 Å². The van der Waals surface area contributed by atoms with Crippen LogP contribution in [-0.4, -0.2) is 45.7 Å². The third-order valence-electron chi connectivity index (χ3n) is 6.08. The van der Waals surface area contributed by atoms with Gasteiger partial charge in [-0.15, -0.1) is 10.2 Å². The normalized spacial score (nSPS) is 16.4. The number of amides is 1. The van der Waals surface area contributed by atoms with Crippen LogP contribution >= 0.6 is 23.1 Å². The highest BCUT2D eigenvalue weighted by Gasteiger charge is 2.48. The van der Waals surface area contributed by atoms with Crippen LogP contribution in [0.15, 0.2) is 76.9 Å². The van der Waals surface area contributed by atoms with Gasteiger partial charge in [-0.1, -0.05) is 41.3 Å². The summed E-state index contributed by atoms with van der Waals surface area (Å²) in [6.45, 7) is 2.26. The number of pyridine rings is 1. The maximum atomic E-state index is 13.4. The number of nitrogens with zero attached hydrogens (tertiary/aromatic N) is 4. The first-order valence-electron chi connectivity index (χ1n) is 12.1. The Balaban J connectivity index is 1.56. The summed E-state index contributed by atoms with van der Waals surface area (Å²) in [6, 6.07) is 13.3. The van der Waals surface area contributed by atoms with Gasteiger partial charge in [0.15, 0.2) is 15.8 Å². The number of benzene rings is 2. The highest BCUT2D eigenvalue weighted by molar-refractivity contribution is 8.00. The number of thioether (sulfide) groups is 1. The van der Waals surface area contributed by atoms with Crippen molar-refractivity contribution in [1.82, 2.24) is 15.2 Å². The number of hydrogen-bond donors (Lipinski definition) is 1. The number of hydrogen-bond acceptors (Lipinski definition) is 10. The van der Waals surface area contributed by atoms with E-state index in [4.69, 9.17) is 9.47 Å². The molecule has 0 aliphatic carbocycles. The maximum absolute atomic E-state index is 13.4. The molecule has 1 atom stereocenters. The van der Waals surface area contributed by atoms with Crippen molar-refractivity contribution in [3.05, 3.63) is 95.1 Å². The van der Waals surface area contributed by atoms with E-state index >= 15 is 0 Å². The Bertz CT molecular complexity index is 1580. The third kappa shape index (κ3) is 5.40. The number of aliphatic hydroxyl groups is 1. The average molecular weight is 579 g/mol. The summed E-state index contributed by atoms with van der Waals surface area (Å²) in [5, 5.41) is 19.8. The van der Waals surface area contributed by atoms with Gasteiger partial charge in [-0.25, -0.2) is 4.39 Å². The fourth-order valence-corrected chi connectivity index (χ4v) is 6.05. The molecule has 0 bridgehead atoms. The second-order valence-electron chi connectivity index (χ2n) is 8.51. The Kier molecular flexibility index (Phi) is 8.08. The molecule has 40 heavy (non-hydrogen) atoms. The van der Waals surface area contributed by atoms with E-state index in [1.807, 2.05) is 6.92 Å². The minimum Gasteiger partial charge on any atom is -0.507 e. The molecule has 204 valence electrons. The lowest BCUT2D eigenvalue weighted by Gasteiger charge is -2.23. The molecule has 3 heterocycles. The molecule has 0 spiro atoms. The molecule has 4 aromatic rings. The van der Waals surface area contributed by atoms with Crippen molar-refractivity contribution in [2.45, 2.75) is 23.1 Å². The molecule has 2 aromatic carbocycles. The third-order valence-corrected chi connectivity index (χ3v) is 8.21. The molecule has 0 saturated carbocycles. The maximum Gasteiger partial charge on any atom is 0.301 e. The van der Waals surface area contributed by atoms with Crippen LogP contribution in [0.3, 0.4) is 0 Å². The van der Waals surface area contributed by atoms with Crippen LogP contribution in [0.2, 0.25) is 0 Å². The molecule has 5 rings (SSSR count). The summed E-state index contributed by atoms with van der Waals surface area (Å²) in [4.78, 5) is 32.0. The summed E-state index contributed by atoms with van der Waals surface area (Å²) in [7, 11) is 1.49. The Labute approximate surface area is 237 Å². The van der Waals surface area contributed by atoms with Crippen LogP contribution in [-0.2, 0) is 15.3 Å². The Morgan fingerprint density at radius 2 is 1.82 bits per heavy atom. The van der Waals surface area contributed by atoms with Crippen molar-refractivity contribution in [2.24, 2.45) is 0 Å². The number of rotatable bonds is 9. The molecule has 1 amide bonds. The van der Waals surface area contributed by atoms with Crippen molar-refractivity contribution in [1.29, 1.82) is 0 Å². The number of Topliss-reactive ketones (excluding diaryl/α,β-unsaturated/α-hetero) is 1. The van der Waals surface area contributed by atoms with Gasteiger partial charge in [0.1, 0.15) is 11.6 Å². The van der Waals surface area contributed by atoms with E-state index in [1.54, 1.807) is 42.5 Å². The quantitative estimate of drug-likeness (QED) is 0.0917. The average Bonchev–Trinajstić information content (AvgIpc) is 3.55. The first-order valence-corrected chi connectivity index (χ1v) is 13.9. The predicted molar refractivity (Wildman–Crippen MR) is 149 cm³/mol. The largest absolute Gasteiger partial charge is 0.507 e. The van der Waals surface area contributed by atoms with Crippen molar-refractivity contribution in [2.75, 3.05) is 18.6 Å². The van der Waals surface area contributed by atoms with Crippen molar-refractivity contribution >= 4 is 45.7 Å². The van der Waals surface area contributed by atoms with Gasteiger partial charge in [-0.05, 0) is 54.4 Å². The summed E-state index contributed by atoms with van der Waals surface area (Å²) in [6.07, 6.45) is 2.96. The molecular formula is C28H23FN4O5S2. The Hall–Kier alpha value is -4.29. The zero-order chi connectivity index (χ0) is 28.2. The molecule has 1 saturated heterocycles. The van der Waals surface area contributed by atoms with Crippen LogP contribution < -0.4 is 14.4 Å². The fraction of sp³-hybridized carbons (Fsp3) is 0.179. The zero-order valence-corrected chi connectivity index (χ0v) is 23.0. The molecule has 1 aliphatic heterocycles. The number of carbonyl (C=O) groups excluding carboxylic acids is 2. The Morgan fingerprint density at radius 1 is 1.07 bits per heavy atom. The lowest BCUT2D eigenvalue weighted by atomic mass is 9.95. The molecule has 2 aromatic heterocycles. The summed E-state index contributed by atoms with van der Waals surface area (Å²) < 4.78 is 24.9. The topological polar surface area (TPSA) is 115 Å². The molecule has 1 fully saturated rings. The Morgan fingerprint density at radius 3 is 2.52 bits per heavy atom. The van der Waals surface area contributed by atoms with Crippen LogP contribution in [0.4, 0.5) is 9.52 Å². The smallest absolute Gasteiger partial charge is 0.301 e. The SMILES string of the molecule is CCOc1ccc(C2C(=C(O)c3ccncc3)C(=O)C(=O)N2c2nnc(SCc3ccc(F)cc3)s2)cc1OC. The van der Waals surface area contributed by atoms with E-state index < -0.39 is 17.7 Å². The van der Waals surface area contributed by atoms with E-state index in [9.17, 15) is 19.1 Å². The number of ketones is 1. The minimum atomic E-state index is -1.01. The first-order chi connectivity index (χ1) is 19.4. The van der Waals surface area contributed by atoms with Gasteiger partial charge >= 0.3 is 5.91 Å². The first kappa shape index (κ1) is 27.3. The van der Waals surface area contributed by atoms with Crippen molar-refractivity contribution in [3.63, 3.8) is 0 Å². The van der Waals surface area contributed by atoms with E-state index in [1.165, 1.54) is 48.3 Å². The molecule has 9 nitrogen and oxygen atoms in total. The second-order valence-corrected chi connectivity index (χ2v) is 10.7. The summed E-state index contributed by atoms with van der Waals surface area (Å²) in [5.41, 5.74) is 1.63. The zero-order valence-electron chi connectivity index (χ0n) is 21.4. The fourth-order valence-electron chi connectivity index (χ4n) is 4.22. The van der Waals surface area contributed by atoms with Crippen molar-refractivity contribution < 1.29 is 28.6 Å². The van der Waals surface area contributed by atoms with Gasteiger partial charge in [-0.3, -0.25) is 19.5 Å². The monoisotopic (exact) mass is 578 g/mol. The van der Waals surface area contributed by atoms with Crippen LogP contribution in [0.25, 0.3) is 5.76 Å². The van der Waals surface area contributed by atoms with Crippen LogP contribution in [0, 0.1) is 5.82 Å². The van der Waals surface area contributed by atoms with Gasteiger partial charge in [-0.2, -0.15) is 0 Å². The molecular weight excluding hydrogens is 555 g/mol. The number of ether oxygens (including phenoxy) is 2. The number of aliphatic hydroxyl groups excluding tert-OH is 1. The van der Waals surface area contributed by atoms with Gasteiger partial charge in [0.05, 0.1) is 25.3 Å². The van der Waals surface area contributed by atoms with E-state index in [0.717, 1.165) is 16.9 Å². The molecule has 1 aliphatic rings. The van der Waals surface area contributed by atoms with Gasteiger partial charge < -0.3 is 14.6 Å². The minimum absolute atomic E-state index is 0.0990. The van der Waals surface area contributed by atoms with Gasteiger partial charge in [0.25, 0.3) is 5.78 Å². The molecule has 12 heteroatoms. The number of methoxy groups -OCH3 is 1. The van der Waals surface area contributed by atoms with E-state index in [2.05, 4.69) is 15.2 Å². The van der Waals surface area contributed by atoms with E-state index in [-0.39, 0.29) is 22.3 Å².